The fourth-order valence-electron chi connectivity index (χ4n) is 3.70. The quantitative estimate of drug-likeness (QED) is 0.746. The van der Waals surface area contributed by atoms with Crippen molar-refractivity contribution in [2.75, 3.05) is 13.6 Å². The zero-order chi connectivity index (χ0) is 15.5. The third-order valence-electron chi connectivity index (χ3n) is 5.37. The fraction of sp³-hybridized carbons (Fsp3) is 0.765. The second-order valence-electron chi connectivity index (χ2n) is 6.98. The fourth-order valence-corrected chi connectivity index (χ4v) is 4.90. The number of hydrogen-bond donors (Lipinski definition) is 1. The molecule has 0 saturated heterocycles. The van der Waals surface area contributed by atoms with Crippen LogP contribution < -0.4 is 5.73 Å². The standard InChI is InChI=1S/C17H29BrN2S/c1-13(2)15-5-4-7-17(12-19,8-6-15)20(3)10-14-9-16(18)21-11-14/h9,11,13,15H,4-8,10,12,19H2,1-3H3. The van der Waals surface area contributed by atoms with Crippen molar-refractivity contribution in [2.45, 2.75) is 58.0 Å². The molecule has 2 unspecified atom stereocenters. The Hall–Kier alpha value is 0.100. The molecule has 0 spiro atoms. The van der Waals surface area contributed by atoms with Gasteiger partial charge in [-0.05, 0) is 71.1 Å². The highest BCUT2D eigenvalue weighted by Gasteiger charge is 2.36. The summed E-state index contributed by atoms with van der Waals surface area (Å²) in [6.07, 6.45) is 6.50. The molecule has 1 aliphatic rings. The SMILES string of the molecule is CC(C)C1CCCC(CN)(N(C)Cc2csc(Br)c2)CC1. The molecular formula is C17H29BrN2S. The lowest BCUT2D eigenvalue weighted by Crippen LogP contribution is -2.51. The second kappa shape index (κ2) is 7.58. The highest BCUT2D eigenvalue weighted by atomic mass is 79.9. The molecule has 1 fully saturated rings. The van der Waals surface area contributed by atoms with Crippen LogP contribution in [0, 0.1) is 11.8 Å². The third kappa shape index (κ3) is 4.31. The minimum absolute atomic E-state index is 0.193. The van der Waals surface area contributed by atoms with Crippen LogP contribution in [0.2, 0.25) is 0 Å². The number of nitrogens with zero attached hydrogens (tertiary/aromatic N) is 1. The van der Waals surface area contributed by atoms with Crippen LogP contribution in [0.15, 0.2) is 15.2 Å². The Balaban J connectivity index is 2.05. The summed E-state index contributed by atoms with van der Waals surface area (Å²) in [5, 5.41) is 2.25. The Bertz CT molecular complexity index is 446. The summed E-state index contributed by atoms with van der Waals surface area (Å²) in [7, 11) is 2.26. The summed E-state index contributed by atoms with van der Waals surface area (Å²) in [5.41, 5.74) is 7.83. The van der Waals surface area contributed by atoms with Crippen molar-refractivity contribution in [3.8, 4) is 0 Å². The van der Waals surface area contributed by atoms with Gasteiger partial charge in [-0.2, -0.15) is 0 Å². The zero-order valence-corrected chi connectivity index (χ0v) is 16.0. The Labute approximate surface area is 142 Å². The molecule has 2 rings (SSSR count). The molecule has 1 aromatic heterocycles. The van der Waals surface area contributed by atoms with Gasteiger partial charge in [-0.1, -0.05) is 26.7 Å². The minimum Gasteiger partial charge on any atom is -0.329 e. The van der Waals surface area contributed by atoms with Gasteiger partial charge in [0.2, 0.25) is 0 Å². The lowest BCUT2D eigenvalue weighted by molar-refractivity contribution is 0.0977. The van der Waals surface area contributed by atoms with Gasteiger partial charge in [-0.3, -0.25) is 4.90 Å². The number of likely N-dealkylation sites (N-methyl/N-ethyl adjacent to an activating group) is 1. The number of halogens is 1. The van der Waals surface area contributed by atoms with Crippen molar-refractivity contribution in [1.29, 1.82) is 0 Å². The molecule has 0 aromatic carbocycles. The predicted octanol–water partition coefficient (Wildman–Crippen LogP) is 4.88. The molecule has 0 aliphatic heterocycles. The summed E-state index contributed by atoms with van der Waals surface area (Å²) < 4.78 is 1.22. The van der Waals surface area contributed by atoms with Crippen LogP contribution in [0.3, 0.4) is 0 Å². The maximum atomic E-state index is 6.24. The van der Waals surface area contributed by atoms with E-state index >= 15 is 0 Å². The average molecular weight is 373 g/mol. The molecule has 0 radical (unpaired) electrons. The first-order valence-electron chi connectivity index (χ1n) is 8.11. The highest BCUT2D eigenvalue weighted by Crippen LogP contribution is 2.37. The Morgan fingerprint density at radius 2 is 2.19 bits per heavy atom. The number of thiophene rings is 1. The van der Waals surface area contributed by atoms with Crippen LogP contribution in [-0.2, 0) is 6.54 Å². The molecular weight excluding hydrogens is 344 g/mol. The molecule has 0 bridgehead atoms. The second-order valence-corrected chi connectivity index (χ2v) is 9.27. The van der Waals surface area contributed by atoms with E-state index < -0.39 is 0 Å². The maximum Gasteiger partial charge on any atom is 0.0701 e. The van der Waals surface area contributed by atoms with Crippen molar-refractivity contribution in [1.82, 2.24) is 4.90 Å². The topological polar surface area (TPSA) is 29.3 Å². The smallest absolute Gasteiger partial charge is 0.0701 e. The maximum absolute atomic E-state index is 6.24. The van der Waals surface area contributed by atoms with Gasteiger partial charge in [0.05, 0.1) is 3.79 Å². The zero-order valence-electron chi connectivity index (χ0n) is 13.6. The monoisotopic (exact) mass is 372 g/mol. The molecule has 2 nitrogen and oxygen atoms in total. The van der Waals surface area contributed by atoms with Gasteiger partial charge in [0, 0.05) is 18.6 Å². The predicted molar refractivity (Wildman–Crippen MR) is 96.7 cm³/mol. The summed E-state index contributed by atoms with van der Waals surface area (Å²) in [4.78, 5) is 2.52. The molecule has 1 aliphatic carbocycles. The average Bonchev–Trinajstić information content (AvgIpc) is 2.74. The van der Waals surface area contributed by atoms with E-state index in [1.54, 1.807) is 11.3 Å². The van der Waals surface area contributed by atoms with Gasteiger partial charge in [-0.25, -0.2) is 0 Å². The Kier molecular flexibility index (Phi) is 6.30. The van der Waals surface area contributed by atoms with Crippen LogP contribution in [0.1, 0.15) is 51.5 Å². The molecule has 120 valence electrons. The molecule has 2 N–H and O–H groups in total. The first-order chi connectivity index (χ1) is 9.97. The summed E-state index contributed by atoms with van der Waals surface area (Å²) in [5.74, 6) is 1.68. The van der Waals surface area contributed by atoms with Crippen molar-refractivity contribution >= 4 is 27.3 Å². The van der Waals surface area contributed by atoms with Gasteiger partial charge in [0.15, 0.2) is 0 Å². The van der Waals surface area contributed by atoms with Crippen LogP contribution in [-0.4, -0.2) is 24.0 Å². The van der Waals surface area contributed by atoms with Gasteiger partial charge >= 0.3 is 0 Å². The van der Waals surface area contributed by atoms with Gasteiger partial charge in [0.25, 0.3) is 0 Å². The van der Waals surface area contributed by atoms with Gasteiger partial charge < -0.3 is 5.73 Å². The van der Waals surface area contributed by atoms with E-state index in [0.717, 1.165) is 24.9 Å². The van der Waals surface area contributed by atoms with Crippen LogP contribution in [0.5, 0.6) is 0 Å². The van der Waals surface area contributed by atoms with Crippen LogP contribution in [0.25, 0.3) is 0 Å². The van der Waals surface area contributed by atoms with E-state index in [1.807, 2.05) is 0 Å². The molecule has 1 heterocycles. The molecule has 0 amide bonds. The molecule has 4 heteroatoms. The lowest BCUT2D eigenvalue weighted by atomic mass is 9.85. The molecule has 1 aromatic rings. The third-order valence-corrected chi connectivity index (χ3v) is 6.92. The van der Waals surface area contributed by atoms with Crippen LogP contribution >= 0.6 is 27.3 Å². The first-order valence-corrected chi connectivity index (χ1v) is 9.78. The van der Waals surface area contributed by atoms with Crippen molar-refractivity contribution in [3.63, 3.8) is 0 Å². The molecule has 2 atom stereocenters. The van der Waals surface area contributed by atoms with E-state index in [0.29, 0.717) is 0 Å². The largest absolute Gasteiger partial charge is 0.329 e. The first kappa shape index (κ1) is 17.5. The van der Waals surface area contributed by atoms with Crippen molar-refractivity contribution in [3.05, 3.63) is 20.8 Å². The van der Waals surface area contributed by atoms with Gasteiger partial charge in [-0.15, -0.1) is 11.3 Å². The Morgan fingerprint density at radius 1 is 1.43 bits per heavy atom. The number of rotatable bonds is 5. The molecule has 1 saturated carbocycles. The summed E-state index contributed by atoms with van der Waals surface area (Å²) >= 11 is 5.33. The number of hydrogen-bond acceptors (Lipinski definition) is 3. The summed E-state index contributed by atoms with van der Waals surface area (Å²) in [6.45, 7) is 6.52. The number of nitrogens with two attached hydrogens (primary N) is 1. The van der Waals surface area contributed by atoms with Crippen LogP contribution in [0.4, 0.5) is 0 Å². The summed E-state index contributed by atoms with van der Waals surface area (Å²) in [6, 6.07) is 2.24. The van der Waals surface area contributed by atoms with E-state index in [-0.39, 0.29) is 5.54 Å². The van der Waals surface area contributed by atoms with E-state index in [9.17, 15) is 0 Å². The minimum atomic E-state index is 0.193. The lowest BCUT2D eigenvalue weighted by Gasteiger charge is -2.41. The van der Waals surface area contributed by atoms with Crippen molar-refractivity contribution < 1.29 is 0 Å². The highest BCUT2D eigenvalue weighted by molar-refractivity contribution is 9.11. The van der Waals surface area contributed by atoms with Gasteiger partial charge in [0.1, 0.15) is 0 Å². The molecule has 21 heavy (non-hydrogen) atoms. The van der Waals surface area contributed by atoms with E-state index in [4.69, 9.17) is 5.73 Å². The normalized spacial score (nSPS) is 27.3. The van der Waals surface area contributed by atoms with E-state index in [2.05, 4.69) is 53.2 Å². The Morgan fingerprint density at radius 3 is 2.76 bits per heavy atom. The van der Waals surface area contributed by atoms with E-state index in [1.165, 1.54) is 41.5 Å². The van der Waals surface area contributed by atoms with Crippen molar-refractivity contribution in [2.24, 2.45) is 17.6 Å².